The van der Waals surface area contributed by atoms with Crippen LogP contribution in [0.3, 0.4) is 0 Å². The van der Waals surface area contributed by atoms with Gasteiger partial charge in [0.1, 0.15) is 6.04 Å². The average Bonchev–Trinajstić information content (AvgIpc) is 2.31. The largest absolute Gasteiger partial charge is 0.330 e. The Morgan fingerprint density at radius 3 is 2.46 bits per heavy atom. The molecule has 1 aliphatic heterocycles. The third kappa shape index (κ3) is 3.61. The maximum absolute atomic E-state index is 11.0. The molecule has 1 fully saturated rings. The Bertz CT molecular complexity index is 198. The van der Waals surface area contributed by atoms with Crippen molar-refractivity contribution in [3.05, 3.63) is 0 Å². The molecule has 1 rings (SSSR count). The number of hydrogen-bond donors (Lipinski definition) is 3. The number of urea groups is 1. The van der Waals surface area contributed by atoms with E-state index in [4.69, 9.17) is 5.73 Å². The van der Waals surface area contributed by atoms with E-state index in [1.807, 2.05) is 0 Å². The summed E-state index contributed by atoms with van der Waals surface area (Å²) in [4.78, 5) is 21.6. The second kappa shape index (κ2) is 5.77. The third-order valence-corrected chi connectivity index (χ3v) is 1.81. The lowest BCUT2D eigenvalue weighted by Gasteiger charge is -2.04. The van der Waals surface area contributed by atoms with Gasteiger partial charge < -0.3 is 11.1 Å². The van der Waals surface area contributed by atoms with Gasteiger partial charge in [-0.15, -0.1) is 12.4 Å². The number of amides is 3. The molecule has 1 heterocycles. The van der Waals surface area contributed by atoms with Gasteiger partial charge in [0.05, 0.1) is 0 Å². The molecule has 1 aliphatic rings. The monoisotopic (exact) mass is 207 g/mol. The van der Waals surface area contributed by atoms with Gasteiger partial charge in [-0.1, -0.05) is 0 Å². The average molecular weight is 208 g/mol. The predicted octanol–water partition coefficient (Wildman–Crippen LogP) is -0.255. The summed E-state index contributed by atoms with van der Waals surface area (Å²) in [6, 6.07) is -0.734. The Morgan fingerprint density at radius 2 is 2.00 bits per heavy atom. The highest BCUT2D eigenvalue weighted by molar-refractivity contribution is 6.04. The maximum Gasteiger partial charge on any atom is 0.322 e. The number of halogens is 1. The Kier molecular flexibility index (Phi) is 5.41. The van der Waals surface area contributed by atoms with Crippen LogP contribution in [0.1, 0.15) is 19.3 Å². The van der Waals surface area contributed by atoms with Crippen LogP contribution in [0.4, 0.5) is 4.79 Å². The second-order valence-corrected chi connectivity index (χ2v) is 2.80. The number of unbranched alkanes of at least 4 members (excludes halogenated alkanes) is 1. The normalized spacial score (nSPS) is 20.5. The van der Waals surface area contributed by atoms with Gasteiger partial charge in [-0.3, -0.25) is 10.1 Å². The quantitative estimate of drug-likeness (QED) is 0.439. The summed E-state index contributed by atoms with van der Waals surface area (Å²) in [7, 11) is 0. The molecule has 0 aromatic heterocycles. The first-order valence-electron chi connectivity index (χ1n) is 4.05. The number of rotatable bonds is 4. The predicted molar refractivity (Wildman–Crippen MR) is 50.6 cm³/mol. The van der Waals surface area contributed by atoms with Crippen LogP contribution in [0.2, 0.25) is 0 Å². The highest BCUT2D eigenvalue weighted by Gasteiger charge is 2.28. The van der Waals surface area contributed by atoms with E-state index in [0.29, 0.717) is 13.0 Å². The number of carbonyl (C=O) groups excluding carboxylic acids is 2. The number of imide groups is 1. The van der Waals surface area contributed by atoms with Gasteiger partial charge in [-0.2, -0.15) is 0 Å². The van der Waals surface area contributed by atoms with Crippen molar-refractivity contribution < 1.29 is 9.59 Å². The van der Waals surface area contributed by atoms with Crippen molar-refractivity contribution in [2.24, 2.45) is 5.73 Å². The Hall–Kier alpha value is -0.810. The van der Waals surface area contributed by atoms with Crippen LogP contribution in [0.25, 0.3) is 0 Å². The molecule has 6 heteroatoms. The molecule has 0 aliphatic carbocycles. The van der Waals surface area contributed by atoms with Gasteiger partial charge in [0.2, 0.25) is 0 Å². The summed E-state index contributed by atoms with van der Waals surface area (Å²) >= 11 is 0. The fourth-order valence-electron chi connectivity index (χ4n) is 1.15. The summed E-state index contributed by atoms with van der Waals surface area (Å²) in [5.74, 6) is -0.225. The van der Waals surface area contributed by atoms with E-state index in [-0.39, 0.29) is 24.4 Å². The summed E-state index contributed by atoms with van der Waals surface area (Å²) in [6.07, 6.45) is 2.43. The molecule has 0 radical (unpaired) electrons. The van der Waals surface area contributed by atoms with Crippen LogP contribution in [0, 0.1) is 0 Å². The molecular weight excluding hydrogens is 194 g/mol. The standard InChI is InChI=1S/C7H13N3O2.ClH/c8-4-2-1-3-5-6(11)10-7(12)9-5;/h5H,1-4,8H2,(H2,9,10,11,12);1H. The molecule has 0 aromatic rings. The van der Waals surface area contributed by atoms with Gasteiger partial charge >= 0.3 is 6.03 Å². The highest BCUT2D eigenvalue weighted by atomic mass is 35.5. The van der Waals surface area contributed by atoms with E-state index in [1.54, 1.807) is 0 Å². The van der Waals surface area contributed by atoms with Crippen molar-refractivity contribution in [1.82, 2.24) is 10.6 Å². The van der Waals surface area contributed by atoms with Crippen LogP contribution in [-0.2, 0) is 4.79 Å². The molecule has 1 saturated heterocycles. The molecule has 3 amide bonds. The van der Waals surface area contributed by atoms with Crippen LogP contribution in [0.5, 0.6) is 0 Å². The SMILES string of the molecule is Cl.NCCCCC1NC(=O)NC1=O. The first-order valence-corrected chi connectivity index (χ1v) is 4.05. The van der Waals surface area contributed by atoms with Crippen molar-refractivity contribution in [3.8, 4) is 0 Å². The number of nitrogens with one attached hydrogen (secondary N) is 2. The molecule has 0 aromatic carbocycles. The minimum absolute atomic E-state index is 0. The van der Waals surface area contributed by atoms with E-state index in [2.05, 4.69) is 10.6 Å². The minimum atomic E-state index is -0.391. The second-order valence-electron chi connectivity index (χ2n) is 2.80. The Balaban J connectivity index is 0.00000144. The summed E-state index contributed by atoms with van der Waals surface area (Å²) in [5.41, 5.74) is 5.29. The van der Waals surface area contributed by atoms with Crippen molar-refractivity contribution in [2.45, 2.75) is 25.3 Å². The Morgan fingerprint density at radius 1 is 1.31 bits per heavy atom. The molecule has 4 N–H and O–H groups in total. The number of carbonyl (C=O) groups is 2. The summed E-state index contributed by atoms with van der Waals surface area (Å²) in [5, 5.41) is 4.70. The minimum Gasteiger partial charge on any atom is -0.330 e. The van der Waals surface area contributed by atoms with Crippen LogP contribution < -0.4 is 16.4 Å². The smallest absolute Gasteiger partial charge is 0.322 e. The summed E-state index contributed by atoms with van der Waals surface area (Å²) in [6.45, 7) is 0.627. The topological polar surface area (TPSA) is 84.2 Å². The van der Waals surface area contributed by atoms with Crippen LogP contribution in [0.15, 0.2) is 0 Å². The molecule has 1 atom stereocenters. The first kappa shape index (κ1) is 12.2. The molecule has 0 saturated carbocycles. The van der Waals surface area contributed by atoms with E-state index in [1.165, 1.54) is 0 Å². The lowest BCUT2D eigenvalue weighted by molar-refractivity contribution is -0.120. The fraction of sp³-hybridized carbons (Fsp3) is 0.714. The van der Waals surface area contributed by atoms with E-state index in [0.717, 1.165) is 12.8 Å². The molecule has 76 valence electrons. The molecule has 5 nitrogen and oxygen atoms in total. The Labute approximate surface area is 82.8 Å². The zero-order valence-electron chi connectivity index (χ0n) is 7.21. The zero-order valence-corrected chi connectivity index (χ0v) is 8.02. The number of nitrogens with two attached hydrogens (primary N) is 1. The highest BCUT2D eigenvalue weighted by Crippen LogP contribution is 2.03. The zero-order chi connectivity index (χ0) is 8.97. The van der Waals surface area contributed by atoms with Crippen molar-refractivity contribution >= 4 is 24.3 Å². The third-order valence-electron chi connectivity index (χ3n) is 1.81. The first-order chi connectivity index (χ1) is 5.74. The lowest BCUT2D eigenvalue weighted by Crippen LogP contribution is -2.28. The molecule has 0 spiro atoms. The van der Waals surface area contributed by atoms with Crippen LogP contribution in [-0.4, -0.2) is 24.5 Å². The number of hydrogen-bond acceptors (Lipinski definition) is 3. The van der Waals surface area contributed by atoms with Crippen molar-refractivity contribution in [3.63, 3.8) is 0 Å². The van der Waals surface area contributed by atoms with Crippen molar-refractivity contribution in [2.75, 3.05) is 6.54 Å². The molecule has 0 bridgehead atoms. The molecule has 1 unspecified atom stereocenters. The van der Waals surface area contributed by atoms with Crippen LogP contribution >= 0.6 is 12.4 Å². The van der Waals surface area contributed by atoms with Gasteiger partial charge in [0.25, 0.3) is 5.91 Å². The van der Waals surface area contributed by atoms with Gasteiger partial charge in [-0.05, 0) is 25.8 Å². The summed E-state index contributed by atoms with van der Waals surface area (Å²) < 4.78 is 0. The van der Waals surface area contributed by atoms with E-state index >= 15 is 0 Å². The van der Waals surface area contributed by atoms with Gasteiger partial charge in [0.15, 0.2) is 0 Å². The van der Waals surface area contributed by atoms with Gasteiger partial charge in [-0.25, -0.2) is 4.79 Å². The molecule has 13 heavy (non-hydrogen) atoms. The van der Waals surface area contributed by atoms with E-state index < -0.39 is 6.03 Å². The van der Waals surface area contributed by atoms with Crippen molar-refractivity contribution in [1.29, 1.82) is 0 Å². The van der Waals surface area contributed by atoms with Gasteiger partial charge in [0, 0.05) is 0 Å². The fourth-order valence-corrected chi connectivity index (χ4v) is 1.15. The lowest BCUT2D eigenvalue weighted by atomic mass is 10.1. The van der Waals surface area contributed by atoms with E-state index in [9.17, 15) is 9.59 Å². The molecular formula is C7H14ClN3O2. The maximum atomic E-state index is 11.0.